The Hall–Kier alpha value is -3.21. The zero-order valence-electron chi connectivity index (χ0n) is 19.0. The van der Waals surface area contributed by atoms with Crippen LogP contribution in [0.5, 0.6) is 0 Å². The molecule has 0 aliphatic carbocycles. The van der Waals surface area contributed by atoms with E-state index in [-0.39, 0.29) is 16.6 Å². The highest BCUT2D eigenvalue weighted by molar-refractivity contribution is 5.80. The van der Waals surface area contributed by atoms with Gasteiger partial charge in [-0.2, -0.15) is 0 Å². The first-order chi connectivity index (χ1) is 14.5. The van der Waals surface area contributed by atoms with E-state index < -0.39 is 0 Å². The molecule has 0 amide bonds. The Bertz CT molecular complexity index is 1060. The van der Waals surface area contributed by atoms with E-state index in [9.17, 15) is 4.39 Å². The fourth-order valence-corrected chi connectivity index (χ4v) is 3.28. The van der Waals surface area contributed by atoms with Gasteiger partial charge in [0.1, 0.15) is 11.6 Å². The summed E-state index contributed by atoms with van der Waals surface area (Å²) >= 11 is 0. The Labute approximate surface area is 184 Å². The topological polar surface area (TPSA) is 63.8 Å². The quantitative estimate of drug-likeness (QED) is 0.460. The van der Waals surface area contributed by atoms with E-state index in [1.54, 1.807) is 0 Å². The number of hydrogen-bond donors (Lipinski definition) is 2. The highest BCUT2D eigenvalue weighted by atomic mass is 19.1. The van der Waals surface area contributed by atoms with E-state index in [4.69, 9.17) is 5.73 Å². The monoisotopic (exact) mass is 418 g/mol. The molecule has 3 rings (SSSR count). The SMILES string of the molecule is C=C(c1cc(-c2ccc(NCC(C)(C)c3ccc(F)cc3)nn2)ccc1N)C(C)(C)C. The highest BCUT2D eigenvalue weighted by Gasteiger charge is 2.21. The second-order valence-corrected chi connectivity index (χ2v) is 9.58. The van der Waals surface area contributed by atoms with Gasteiger partial charge < -0.3 is 11.1 Å². The summed E-state index contributed by atoms with van der Waals surface area (Å²) in [5, 5.41) is 12.1. The smallest absolute Gasteiger partial charge is 0.148 e. The Morgan fingerprint density at radius 2 is 1.65 bits per heavy atom. The summed E-state index contributed by atoms with van der Waals surface area (Å²) in [6, 6.07) is 16.3. The van der Waals surface area contributed by atoms with Crippen LogP contribution in [0.15, 0.2) is 61.2 Å². The number of nitrogen functional groups attached to an aromatic ring is 1. The highest BCUT2D eigenvalue weighted by Crippen LogP contribution is 2.37. The van der Waals surface area contributed by atoms with Crippen LogP contribution in [0.3, 0.4) is 0 Å². The maximum Gasteiger partial charge on any atom is 0.148 e. The lowest BCUT2D eigenvalue weighted by molar-refractivity contribution is 0.552. The third-order valence-electron chi connectivity index (χ3n) is 5.58. The van der Waals surface area contributed by atoms with Crippen molar-refractivity contribution in [1.29, 1.82) is 0 Å². The number of rotatable bonds is 6. The van der Waals surface area contributed by atoms with E-state index in [1.165, 1.54) is 12.1 Å². The lowest BCUT2D eigenvalue weighted by Gasteiger charge is -2.26. The maximum atomic E-state index is 13.2. The fourth-order valence-electron chi connectivity index (χ4n) is 3.28. The van der Waals surface area contributed by atoms with Crippen LogP contribution >= 0.6 is 0 Å². The van der Waals surface area contributed by atoms with E-state index in [0.717, 1.165) is 28.0 Å². The molecule has 3 N–H and O–H groups in total. The lowest BCUT2D eigenvalue weighted by Crippen LogP contribution is -2.28. The molecule has 0 saturated heterocycles. The maximum absolute atomic E-state index is 13.2. The predicted octanol–water partition coefficient (Wildman–Crippen LogP) is 6.31. The zero-order valence-corrected chi connectivity index (χ0v) is 19.0. The van der Waals surface area contributed by atoms with Crippen LogP contribution in [0, 0.1) is 11.2 Å². The van der Waals surface area contributed by atoms with Gasteiger partial charge in [-0.1, -0.05) is 59.4 Å². The first-order valence-electron chi connectivity index (χ1n) is 10.4. The number of benzene rings is 2. The number of nitrogens with zero attached hydrogens (tertiary/aromatic N) is 2. The molecule has 0 radical (unpaired) electrons. The number of aromatic nitrogens is 2. The molecule has 3 aromatic rings. The van der Waals surface area contributed by atoms with Crippen molar-refractivity contribution in [3.8, 4) is 11.3 Å². The molecular weight excluding hydrogens is 387 g/mol. The van der Waals surface area contributed by atoms with Crippen molar-refractivity contribution in [2.75, 3.05) is 17.6 Å². The van der Waals surface area contributed by atoms with Crippen molar-refractivity contribution in [1.82, 2.24) is 10.2 Å². The number of halogens is 1. The molecule has 0 bridgehead atoms. The van der Waals surface area contributed by atoms with Crippen LogP contribution in [-0.4, -0.2) is 16.7 Å². The summed E-state index contributed by atoms with van der Waals surface area (Å²) in [5.74, 6) is 0.458. The third kappa shape index (κ3) is 5.29. The summed E-state index contributed by atoms with van der Waals surface area (Å²) in [7, 11) is 0. The number of nitrogens with two attached hydrogens (primary N) is 1. The zero-order chi connectivity index (χ0) is 22.8. The minimum atomic E-state index is -0.231. The first kappa shape index (κ1) is 22.5. The fraction of sp³-hybridized carbons (Fsp3) is 0.308. The largest absolute Gasteiger partial charge is 0.398 e. The standard InChI is InChI=1S/C26H31FN4/c1-17(25(2,3)4)21-15-18(7-12-22(21)28)23-13-14-24(31-30-23)29-16-26(5,6)19-8-10-20(27)11-9-19/h7-15H,1,16,28H2,2-6H3,(H,29,31). The van der Waals surface area contributed by atoms with Gasteiger partial charge >= 0.3 is 0 Å². The van der Waals surface area contributed by atoms with Crippen molar-refractivity contribution in [2.45, 2.75) is 40.0 Å². The van der Waals surface area contributed by atoms with Crippen LogP contribution < -0.4 is 11.1 Å². The molecule has 0 aliphatic rings. The molecule has 31 heavy (non-hydrogen) atoms. The van der Waals surface area contributed by atoms with Gasteiger partial charge in [0, 0.05) is 28.8 Å². The van der Waals surface area contributed by atoms with Crippen molar-refractivity contribution in [3.63, 3.8) is 0 Å². The normalized spacial score (nSPS) is 11.9. The molecule has 2 aromatic carbocycles. The van der Waals surface area contributed by atoms with Gasteiger partial charge in [0.25, 0.3) is 0 Å². The van der Waals surface area contributed by atoms with Crippen LogP contribution in [0.2, 0.25) is 0 Å². The molecule has 1 heterocycles. The van der Waals surface area contributed by atoms with Gasteiger partial charge in [-0.25, -0.2) is 4.39 Å². The number of nitrogens with one attached hydrogen (secondary N) is 1. The first-order valence-corrected chi connectivity index (χ1v) is 10.4. The summed E-state index contributed by atoms with van der Waals surface area (Å²) in [5.41, 5.74) is 11.3. The van der Waals surface area contributed by atoms with Crippen molar-refractivity contribution < 1.29 is 4.39 Å². The third-order valence-corrected chi connectivity index (χ3v) is 5.58. The molecule has 5 heteroatoms. The molecule has 162 valence electrons. The average molecular weight is 419 g/mol. The van der Waals surface area contributed by atoms with E-state index in [0.29, 0.717) is 18.1 Å². The number of hydrogen-bond acceptors (Lipinski definition) is 4. The van der Waals surface area contributed by atoms with Crippen LogP contribution in [0.25, 0.3) is 16.8 Å². The summed E-state index contributed by atoms with van der Waals surface area (Å²) < 4.78 is 13.2. The Morgan fingerprint density at radius 1 is 0.968 bits per heavy atom. The van der Waals surface area contributed by atoms with Gasteiger partial charge in [0.15, 0.2) is 0 Å². The predicted molar refractivity (Wildman–Crippen MR) is 128 cm³/mol. The Kier molecular flexibility index (Phi) is 6.16. The lowest BCUT2D eigenvalue weighted by atomic mass is 9.82. The van der Waals surface area contributed by atoms with Gasteiger partial charge in [-0.05, 0) is 52.9 Å². The van der Waals surface area contributed by atoms with E-state index in [1.807, 2.05) is 42.5 Å². The molecule has 0 fully saturated rings. The Balaban J connectivity index is 1.75. The summed E-state index contributed by atoms with van der Waals surface area (Å²) in [6.45, 7) is 15.4. The van der Waals surface area contributed by atoms with Crippen molar-refractivity contribution in [3.05, 3.63) is 78.1 Å². The number of allylic oxidation sites excluding steroid dienone is 1. The van der Waals surface area contributed by atoms with Gasteiger partial charge in [0.2, 0.25) is 0 Å². The minimum Gasteiger partial charge on any atom is -0.398 e. The minimum absolute atomic E-state index is 0.0798. The Morgan fingerprint density at radius 3 is 2.23 bits per heavy atom. The van der Waals surface area contributed by atoms with Gasteiger partial charge in [-0.3, -0.25) is 0 Å². The van der Waals surface area contributed by atoms with Crippen molar-refractivity contribution >= 4 is 17.1 Å². The molecule has 0 spiro atoms. The van der Waals surface area contributed by atoms with Crippen LogP contribution in [0.4, 0.5) is 15.9 Å². The van der Waals surface area contributed by atoms with E-state index in [2.05, 4.69) is 56.7 Å². The second-order valence-electron chi connectivity index (χ2n) is 9.58. The van der Waals surface area contributed by atoms with Crippen LogP contribution in [-0.2, 0) is 5.41 Å². The molecule has 4 nitrogen and oxygen atoms in total. The van der Waals surface area contributed by atoms with Crippen molar-refractivity contribution in [2.24, 2.45) is 5.41 Å². The molecule has 0 saturated carbocycles. The van der Waals surface area contributed by atoms with Crippen LogP contribution in [0.1, 0.15) is 45.7 Å². The second kappa shape index (κ2) is 8.50. The average Bonchev–Trinajstić information content (AvgIpc) is 2.72. The number of anilines is 2. The summed E-state index contributed by atoms with van der Waals surface area (Å²) in [4.78, 5) is 0. The molecular formula is C26H31FN4. The summed E-state index contributed by atoms with van der Waals surface area (Å²) in [6.07, 6.45) is 0. The van der Waals surface area contributed by atoms with Gasteiger partial charge in [0.05, 0.1) is 5.69 Å². The van der Waals surface area contributed by atoms with E-state index >= 15 is 0 Å². The molecule has 0 atom stereocenters. The molecule has 0 unspecified atom stereocenters. The van der Waals surface area contributed by atoms with Gasteiger partial charge in [-0.15, -0.1) is 10.2 Å². The molecule has 0 aliphatic heterocycles. The molecule has 1 aromatic heterocycles.